The van der Waals surface area contributed by atoms with E-state index in [-0.39, 0.29) is 0 Å². The van der Waals surface area contributed by atoms with Gasteiger partial charge in [0, 0.05) is 16.5 Å². The summed E-state index contributed by atoms with van der Waals surface area (Å²) in [4.78, 5) is 0. The van der Waals surface area contributed by atoms with Gasteiger partial charge in [0.1, 0.15) is 11.5 Å². The van der Waals surface area contributed by atoms with Crippen LogP contribution >= 0.6 is 0 Å². The van der Waals surface area contributed by atoms with Gasteiger partial charge in [0.2, 0.25) is 0 Å². The zero-order valence-corrected chi connectivity index (χ0v) is 26.8. The molecular weight excluding hydrogens is 569 g/mol. The number of para-hydroxylation sites is 1. The molecule has 6 aromatic carbocycles. The molecule has 0 N–H and O–H groups in total. The maximum absolute atomic E-state index is 6.56. The molecule has 1 unspecified atom stereocenters. The fourth-order valence-corrected chi connectivity index (χ4v) is 8.08. The largest absolute Gasteiger partial charge is 0.457 e. The van der Waals surface area contributed by atoms with Crippen LogP contribution in [-0.2, 0) is 10.8 Å². The Bertz CT molecular complexity index is 2160. The minimum atomic E-state index is -0.442. The van der Waals surface area contributed by atoms with E-state index in [1.54, 1.807) is 0 Å². The van der Waals surface area contributed by atoms with E-state index in [0.29, 0.717) is 0 Å². The number of hydrogen-bond acceptors (Lipinski definition) is 1. The van der Waals surface area contributed by atoms with E-state index in [4.69, 9.17) is 4.74 Å². The van der Waals surface area contributed by atoms with Crippen molar-refractivity contribution in [1.82, 2.24) is 0 Å². The Morgan fingerprint density at radius 3 is 1.81 bits per heavy atom. The minimum Gasteiger partial charge on any atom is -0.457 e. The zero-order chi connectivity index (χ0) is 32.0. The Hall–Kier alpha value is -5.66. The van der Waals surface area contributed by atoms with Gasteiger partial charge in [-0.05, 0) is 88.2 Å². The average Bonchev–Trinajstić information content (AvgIpc) is 3.43. The smallest absolute Gasteiger partial charge is 0.131 e. The standard InChI is InChI=1S/C46H36O/c1-4-6-17-34(5-2)45(3)40-24-15-16-25-43(40)47-44-29-27-33(31-42(44)45)32-26-28-38-37-22-13-14-23-39(37)46(41(38)30-32,35-18-9-7-10-19-35)36-20-11-8-12-21-36/h4-31H,1H2,2-3H3/b17-6-,34-5+. The fraction of sp³-hybridized carbons (Fsp3) is 0.0870. The van der Waals surface area contributed by atoms with Crippen LogP contribution in [0, 0.1) is 0 Å². The summed E-state index contributed by atoms with van der Waals surface area (Å²) in [6, 6.07) is 53.0. The van der Waals surface area contributed by atoms with Gasteiger partial charge in [0.05, 0.1) is 5.41 Å². The molecule has 1 aliphatic heterocycles. The summed E-state index contributed by atoms with van der Waals surface area (Å²) in [5, 5.41) is 0. The lowest BCUT2D eigenvalue weighted by atomic mass is 9.67. The molecule has 0 fully saturated rings. The van der Waals surface area contributed by atoms with Crippen molar-refractivity contribution in [1.29, 1.82) is 0 Å². The van der Waals surface area contributed by atoms with E-state index in [9.17, 15) is 0 Å². The molecule has 8 rings (SSSR count). The van der Waals surface area contributed by atoms with Gasteiger partial charge < -0.3 is 4.74 Å². The highest BCUT2D eigenvalue weighted by Crippen LogP contribution is 2.57. The first-order chi connectivity index (χ1) is 23.1. The topological polar surface area (TPSA) is 9.23 Å². The Labute approximate surface area is 277 Å². The van der Waals surface area contributed by atoms with Gasteiger partial charge in [-0.3, -0.25) is 0 Å². The van der Waals surface area contributed by atoms with E-state index in [1.165, 1.54) is 44.5 Å². The summed E-state index contributed by atoms with van der Waals surface area (Å²) in [6.45, 7) is 8.36. The molecule has 0 spiro atoms. The summed E-state index contributed by atoms with van der Waals surface area (Å²) in [5.74, 6) is 1.78. The summed E-state index contributed by atoms with van der Waals surface area (Å²) in [6.07, 6.45) is 8.24. The third-order valence-corrected chi connectivity index (χ3v) is 10.3. The third-order valence-electron chi connectivity index (χ3n) is 10.3. The highest BCUT2D eigenvalue weighted by molar-refractivity contribution is 5.88. The van der Waals surface area contributed by atoms with Crippen LogP contribution in [-0.4, -0.2) is 0 Å². The fourth-order valence-electron chi connectivity index (χ4n) is 8.08. The van der Waals surface area contributed by atoms with Gasteiger partial charge in [-0.1, -0.05) is 152 Å². The maximum Gasteiger partial charge on any atom is 0.131 e. The first kappa shape index (κ1) is 28.8. The van der Waals surface area contributed by atoms with Crippen LogP contribution in [0.25, 0.3) is 22.3 Å². The van der Waals surface area contributed by atoms with Crippen LogP contribution in [0.4, 0.5) is 0 Å². The van der Waals surface area contributed by atoms with Crippen molar-refractivity contribution in [2.45, 2.75) is 24.7 Å². The number of hydrogen-bond donors (Lipinski definition) is 0. The summed E-state index contributed by atoms with van der Waals surface area (Å²) in [7, 11) is 0. The molecule has 1 heteroatoms. The summed E-state index contributed by atoms with van der Waals surface area (Å²) >= 11 is 0. The summed E-state index contributed by atoms with van der Waals surface area (Å²) in [5.41, 5.74) is 12.7. The number of fused-ring (bicyclic) bond motifs is 5. The summed E-state index contributed by atoms with van der Waals surface area (Å²) < 4.78 is 6.56. The van der Waals surface area contributed by atoms with E-state index < -0.39 is 10.8 Å². The molecule has 2 aliphatic rings. The molecule has 0 bridgehead atoms. The van der Waals surface area contributed by atoms with Crippen molar-refractivity contribution in [3.05, 3.63) is 215 Å². The highest BCUT2D eigenvalue weighted by Gasteiger charge is 2.46. The van der Waals surface area contributed by atoms with Crippen molar-refractivity contribution in [3.63, 3.8) is 0 Å². The molecule has 1 atom stereocenters. The zero-order valence-electron chi connectivity index (χ0n) is 26.8. The van der Waals surface area contributed by atoms with E-state index in [0.717, 1.165) is 28.2 Å². The molecule has 0 saturated carbocycles. The van der Waals surface area contributed by atoms with Crippen LogP contribution in [0.3, 0.4) is 0 Å². The molecular formula is C46H36O. The quantitative estimate of drug-likeness (QED) is 0.172. The normalized spacial score (nSPS) is 17.3. The molecule has 6 aromatic rings. The third kappa shape index (κ3) is 4.23. The lowest BCUT2D eigenvalue weighted by Crippen LogP contribution is -2.30. The first-order valence-electron chi connectivity index (χ1n) is 16.3. The molecule has 1 heterocycles. The van der Waals surface area contributed by atoms with Crippen LogP contribution < -0.4 is 4.74 Å². The van der Waals surface area contributed by atoms with Gasteiger partial charge in [0.25, 0.3) is 0 Å². The predicted molar refractivity (Wildman–Crippen MR) is 195 cm³/mol. The number of benzene rings is 6. The lowest BCUT2D eigenvalue weighted by molar-refractivity contribution is 0.427. The highest BCUT2D eigenvalue weighted by atomic mass is 16.5. The first-order valence-corrected chi connectivity index (χ1v) is 16.3. The van der Waals surface area contributed by atoms with E-state index >= 15 is 0 Å². The molecule has 47 heavy (non-hydrogen) atoms. The van der Waals surface area contributed by atoms with Crippen molar-refractivity contribution >= 4 is 0 Å². The Morgan fingerprint density at radius 2 is 1.13 bits per heavy atom. The molecule has 0 radical (unpaired) electrons. The second-order valence-corrected chi connectivity index (χ2v) is 12.6. The van der Waals surface area contributed by atoms with E-state index in [1.807, 2.05) is 18.2 Å². The van der Waals surface area contributed by atoms with Gasteiger partial charge >= 0.3 is 0 Å². The molecule has 1 nitrogen and oxygen atoms in total. The van der Waals surface area contributed by atoms with Crippen LogP contribution in [0.2, 0.25) is 0 Å². The van der Waals surface area contributed by atoms with Gasteiger partial charge in [-0.2, -0.15) is 0 Å². The van der Waals surface area contributed by atoms with Gasteiger partial charge in [-0.25, -0.2) is 0 Å². The Balaban J connectivity index is 1.37. The second-order valence-electron chi connectivity index (χ2n) is 12.6. The Kier molecular flexibility index (Phi) is 6.92. The van der Waals surface area contributed by atoms with Crippen molar-refractivity contribution in [2.75, 3.05) is 0 Å². The average molecular weight is 605 g/mol. The van der Waals surface area contributed by atoms with Crippen molar-refractivity contribution in [2.24, 2.45) is 0 Å². The SMILES string of the molecule is C=C/C=C\C(=C/C)C1(C)c2ccccc2Oc2ccc(-c3ccc4c(c3)C(c3ccccc3)(c3ccccc3)c3ccccc3-4)cc21. The molecule has 0 saturated heterocycles. The number of allylic oxidation sites excluding steroid dienone is 5. The van der Waals surface area contributed by atoms with Crippen LogP contribution in [0.5, 0.6) is 11.5 Å². The maximum atomic E-state index is 6.56. The predicted octanol–water partition coefficient (Wildman–Crippen LogP) is 11.8. The molecule has 1 aliphatic carbocycles. The van der Waals surface area contributed by atoms with Crippen LogP contribution in [0.1, 0.15) is 47.2 Å². The second kappa shape index (κ2) is 11.3. The minimum absolute atomic E-state index is 0.417. The van der Waals surface area contributed by atoms with Gasteiger partial charge in [0.15, 0.2) is 0 Å². The monoisotopic (exact) mass is 604 g/mol. The van der Waals surface area contributed by atoms with Crippen molar-refractivity contribution in [3.8, 4) is 33.8 Å². The van der Waals surface area contributed by atoms with E-state index in [2.05, 4.69) is 172 Å². The molecule has 0 amide bonds. The number of ether oxygens (including phenoxy) is 1. The Morgan fingerprint density at radius 1 is 0.574 bits per heavy atom. The number of rotatable bonds is 6. The van der Waals surface area contributed by atoms with Gasteiger partial charge in [-0.15, -0.1) is 0 Å². The molecule has 0 aromatic heterocycles. The van der Waals surface area contributed by atoms with Crippen molar-refractivity contribution < 1.29 is 4.74 Å². The van der Waals surface area contributed by atoms with Crippen LogP contribution in [0.15, 0.2) is 182 Å². The molecule has 226 valence electrons. The lowest BCUT2D eigenvalue weighted by Gasteiger charge is -2.39.